The van der Waals surface area contributed by atoms with Crippen LogP contribution in [0.15, 0.2) is 6.20 Å². The van der Waals surface area contributed by atoms with Crippen LogP contribution in [-0.2, 0) is 11.8 Å². The van der Waals surface area contributed by atoms with Crippen LogP contribution in [-0.4, -0.2) is 41.1 Å². The zero-order valence-corrected chi connectivity index (χ0v) is 14.3. The second-order valence-corrected chi connectivity index (χ2v) is 6.43. The Bertz CT molecular complexity index is 639. The quantitative estimate of drug-likeness (QED) is 0.720. The van der Waals surface area contributed by atoms with Gasteiger partial charge in [0.05, 0.1) is 10.9 Å². The van der Waals surface area contributed by atoms with Crippen molar-refractivity contribution in [3.05, 3.63) is 14.9 Å². The Balaban J connectivity index is 2.03. The van der Waals surface area contributed by atoms with Crippen molar-refractivity contribution < 1.29 is 4.74 Å². The third kappa shape index (κ3) is 2.37. The van der Waals surface area contributed by atoms with Crippen molar-refractivity contribution in [1.29, 1.82) is 0 Å². The molecule has 0 N–H and O–H groups in total. The van der Waals surface area contributed by atoms with Crippen LogP contribution < -0.4 is 4.90 Å². The lowest BCUT2D eigenvalue weighted by atomic mass is 10.1. The summed E-state index contributed by atoms with van der Waals surface area (Å²) >= 11 is 8.78. The summed E-state index contributed by atoms with van der Waals surface area (Å²) in [5.41, 5.74) is 0.944. The van der Waals surface area contributed by atoms with Gasteiger partial charge in [0, 0.05) is 39.5 Å². The average molecular weight is 407 g/mol. The molecule has 20 heavy (non-hydrogen) atoms. The highest BCUT2D eigenvalue weighted by Gasteiger charge is 2.23. The average Bonchev–Trinajstić information content (AvgIpc) is 2.75. The lowest BCUT2D eigenvalue weighted by molar-refractivity contribution is 0.0853. The normalized spacial score (nSPS) is 16.8. The van der Waals surface area contributed by atoms with Crippen LogP contribution in [0.1, 0.15) is 12.8 Å². The minimum Gasteiger partial charge on any atom is -0.381 e. The Morgan fingerprint density at radius 1 is 1.45 bits per heavy atom. The van der Waals surface area contributed by atoms with Gasteiger partial charge in [-0.15, -0.1) is 0 Å². The van der Waals surface area contributed by atoms with Gasteiger partial charge in [0.15, 0.2) is 0 Å². The van der Waals surface area contributed by atoms with E-state index in [9.17, 15) is 0 Å². The van der Waals surface area contributed by atoms with Crippen molar-refractivity contribution in [2.75, 3.05) is 25.2 Å². The molecule has 1 fully saturated rings. The first-order chi connectivity index (χ1) is 9.59. The standard InChI is InChI=1S/C13H16ClIN4O/c1-18(8-3-5-20-6-4-8)13-10(14)11-9(7-16-13)12(15)17-19(11)2/h7-8H,3-6H2,1-2H3. The molecule has 2 aromatic heterocycles. The molecular weight excluding hydrogens is 391 g/mol. The molecule has 1 saturated heterocycles. The first kappa shape index (κ1) is 14.3. The van der Waals surface area contributed by atoms with E-state index in [1.165, 1.54) is 0 Å². The predicted octanol–water partition coefficient (Wildman–Crippen LogP) is 2.84. The third-order valence-corrected chi connectivity index (χ3v) is 4.98. The van der Waals surface area contributed by atoms with Crippen molar-refractivity contribution in [2.45, 2.75) is 18.9 Å². The molecule has 108 valence electrons. The second-order valence-electron chi connectivity index (χ2n) is 5.03. The van der Waals surface area contributed by atoms with Crippen LogP contribution in [0.25, 0.3) is 10.9 Å². The Kier molecular flexibility index (Phi) is 4.05. The summed E-state index contributed by atoms with van der Waals surface area (Å²) in [5, 5.41) is 6.08. The largest absolute Gasteiger partial charge is 0.381 e. The molecule has 1 aliphatic heterocycles. The van der Waals surface area contributed by atoms with Gasteiger partial charge in [0.1, 0.15) is 14.5 Å². The summed E-state index contributed by atoms with van der Waals surface area (Å²) in [4.78, 5) is 6.72. The Hall–Kier alpha value is -0.600. The highest BCUT2D eigenvalue weighted by atomic mass is 127. The fourth-order valence-corrected chi connectivity index (χ4v) is 3.79. The number of anilines is 1. The van der Waals surface area contributed by atoms with E-state index >= 15 is 0 Å². The summed E-state index contributed by atoms with van der Waals surface area (Å²) < 4.78 is 8.16. The monoisotopic (exact) mass is 406 g/mol. The molecule has 0 atom stereocenters. The summed E-state index contributed by atoms with van der Waals surface area (Å²) in [7, 11) is 3.96. The molecule has 0 saturated carbocycles. The molecular formula is C13H16ClIN4O. The van der Waals surface area contributed by atoms with Gasteiger partial charge in [-0.05, 0) is 35.4 Å². The van der Waals surface area contributed by atoms with Gasteiger partial charge in [-0.1, -0.05) is 11.6 Å². The van der Waals surface area contributed by atoms with Crippen molar-refractivity contribution in [3.8, 4) is 0 Å². The lowest BCUT2D eigenvalue weighted by Crippen LogP contribution is -2.37. The molecule has 0 amide bonds. The van der Waals surface area contributed by atoms with E-state index in [1.54, 1.807) is 0 Å². The maximum absolute atomic E-state index is 6.57. The number of hydrogen-bond donors (Lipinski definition) is 0. The number of aryl methyl sites for hydroxylation is 1. The van der Waals surface area contributed by atoms with Crippen LogP contribution in [0.3, 0.4) is 0 Å². The van der Waals surface area contributed by atoms with E-state index in [4.69, 9.17) is 16.3 Å². The number of fused-ring (bicyclic) bond motifs is 1. The number of halogens is 2. The molecule has 3 heterocycles. The van der Waals surface area contributed by atoms with Gasteiger partial charge in [0.25, 0.3) is 0 Å². The highest BCUT2D eigenvalue weighted by molar-refractivity contribution is 14.1. The van der Waals surface area contributed by atoms with Gasteiger partial charge >= 0.3 is 0 Å². The van der Waals surface area contributed by atoms with Gasteiger partial charge in [-0.3, -0.25) is 4.68 Å². The van der Waals surface area contributed by atoms with Crippen LogP contribution in [0.5, 0.6) is 0 Å². The smallest absolute Gasteiger partial charge is 0.149 e. The summed E-state index contributed by atoms with van der Waals surface area (Å²) in [5.74, 6) is 0.825. The fraction of sp³-hybridized carbons (Fsp3) is 0.538. The predicted molar refractivity (Wildman–Crippen MR) is 88.5 cm³/mol. The number of hydrogen-bond acceptors (Lipinski definition) is 4. The second kappa shape index (κ2) is 5.65. The van der Waals surface area contributed by atoms with Crippen LogP contribution in [0.4, 0.5) is 5.82 Å². The number of nitrogens with zero attached hydrogens (tertiary/aromatic N) is 4. The molecule has 3 rings (SSSR count). The molecule has 0 bridgehead atoms. The van der Waals surface area contributed by atoms with Gasteiger partial charge in [-0.25, -0.2) is 4.98 Å². The minimum atomic E-state index is 0.429. The molecule has 0 spiro atoms. The number of pyridine rings is 1. The van der Waals surface area contributed by atoms with Crippen molar-refractivity contribution >= 4 is 50.9 Å². The van der Waals surface area contributed by atoms with Crippen LogP contribution in [0, 0.1) is 3.70 Å². The van der Waals surface area contributed by atoms with Crippen LogP contribution >= 0.6 is 34.2 Å². The van der Waals surface area contributed by atoms with Crippen molar-refractivity contribution in [2.24, 2.45) is 7.05 Å². The van der Waals surface area contributed by atoms with E-state index < -0.39 is 0 Å². The molecule has 0 radical (unpaired) electrons. The number of ether oxygens (including phenoxy) is 1. The fourth-order valence-electron chi connectivity index (χ4n) is 2.66. The molecule has 2 aromatic rings. The molecule has 5 nitrogen and oxygen atoms in total. The van der Waals surface area contributed by atoms with Gasteiger partial charge in [0.2, 0.25) is 0 Å². The number of aromatic nitrogens is 3. The maximum Gasteiger partial charge on any atom is 0.149 e. The van der Waals surface area contributed by atoms with Gasteiger partial charge < -0.3 is 9.64 Å². The van der Waals surface area contributed by atoms with Crippen LogP contribution in [0.2, 0.25) is 5.02 Å². The van der Waals surface area contributed by atoms with E-state index in [0.717, 1.165) is 46.5 Å². The highest BCUT2D eigenvalue weighted by Crippen LogP contribution is 2.34. The molecule has 7 heteroatoms. The summed E-state index contributed by atoms with van der Waals surface area (Å²) in [6.07, 6.45) is 3.88. The Morgan fingerprint density at radius 3 is 2.85 bits per heavy atom. The lowest BCUT2D eigenvalue weighted by Gasteiger charge is -2.32. The van der Waals surface area contributed by atoms with E-state index in [2.05, 4.69) is 44.6 Å². The minimum absolute atomic E-state index is 0.429. The topological polar surface area (TPSA) is 43.2 Å². The van der Waals surface area contributed by atoms with E-state index in [0.29, 0.717) is 11.1 Å². The zero-order valence-electron chi connectivity index (χ0n) is 11.4. The van der Waals surface area contributed by atoms with Gasteiger partial charge in [-0.2, -0.15) is 5.10 Å². The van der Waals surface area contributed by atoms with E-state index in [-0.39, 0.29) is 0 Å². The SMILES string of the molecule is CN(c1ncc2c(I)nn(C)c2c1Cl)C1CCOCC1. The molecule has 0 aromatic carbocycles. The third-order valence-electron chi connectivity index (χ3n) is 3.83. The molecule has 0 aliphatic carbocycles. The Morgan fingerprint density at radius 2 is 2.15 bits per heavy atom. The number of rotatable bonds is 2. The van der Waals surface area contributed by atoms with Crippen molar-refractivity contribution in [3.63, 3.8) is 0 Å². The first-order valence-electron chi connectivity index (χ1n) is 6.57. The van der Waals surface area contributed by atoms with Crippen molar-refractivity contribution in [1.82, 2.24) is 14.8 Å². The molecule has 1 aliphatic rings. The Labute approximate surface area is 136 Å². The summed E-state index contributed by atoms with van der Waals surface area (Å²) in [6.45, 7) is 1.61. The van der Waals surface area contributed by atoms with E-state index in [1.807, 2.05) is 17.9 Å². The first-order valence-corrected chi connectivity index (χ1v) is 8.02. The molecule has 0 unspecified atom stereocenters. The zero-order chi connectivity index (χ0) is 14.3. The summed E-state index contributed by atoms with van der Waals surface area (Å²) in [6, 6.07) is 0.429. The maximum atomic E-state index is 6.57.